The predicted molar refractivity (Wildman–Crippen MR) is 121 cm³/mol. The molecule has 0 radical (unpaired) electrons. The monoisotopic (exact) mass is 396 g/mol. The Labute approximate surface area is 170 Å². The number of hydrogen-bond acceptors (Lipinski definition) is 5. The molecule has 1 unspecified atom stereocenters. The quantitative estimate of drug-likeness (QED) is 0.330. The second-order valence-corrected chi connectivity index (χ2v) is 6.98. The van der Waals surface area contributed by atoms with Crippen LogP contribution in [-0.4, -0.2) is 39.9 Å². The number of nitrogens with zero attached hydrogens (tertiary/aromatic N) is 2. The number of nitrogens with one attached hydrogen (secondary N) is 2. The summed E-state index contributed by atoms with van der Waals surface area (Å²) in [5.74, 6) is 0.452. The number of H-pyrrole nitrogens is 1. The zero-order valence-corrected chi connectivity index (χ0v) is 17.6. The van der Waals surface area contributed by atoms with Crippen LogP contribution in [0.1, 0.15) is 39.7 Å². The van der Waals surface area contributed by atoms with Crippen molar-refractivity contribution in [1.29, 1.82) is 5.41 Å². The van der Waals surface area contributed by atoms with Gasteiger partial charge in [-0.3, -0.25) is 4.99 Å². The highest BCUT2D eigenvalue weighted by atomic mass is 16.3. The topological polar surface area (TPSA) is 134 Å². The minimum absolute atomic E-state index is 0.0179. The van der Waals surface area contributed by atoms with Gasteiger partial charge in [0.25, 0.3) is 0 Å². The molecule has 0 amide bonds. The molecule has 0 saturated heterocycles. The zero-order chi connectivity index (χ0) is 21.7. The summed E-state index contributed by atoms with van der Waals surface area (Å²) in [4.78, 5) is 11.5. The smallest absolute Gasteiger partial charge is 0.235 e. The molecule has 0 fully saturated rings. The molecular weight excluding hydrogens is 366 g/mol. The molecule has 1 aliphatic rings. The third-order valence-electron chi connectivity index (χ3n) is 4.72. The molecule has 154 valence electrons. The first kappa shape index (κ1) is 21.9. The number of rotatable bonds is 6. The minimum Gasteiger partial charge on any atom is -0.596 e. The number of nitrogens with two attached hydrogens (primary N) is 1. The van der Waals surface area contributed by atoms with E-state index in [1.165, 1.54) is 6.20 Å². The summed E-state index contributed by atoms with van der Waals surface area (Å²) in [5, 5.41) is 28.4. The van der Waals surface area contributed by atoms with Crippen molar-refractivity contribution in [2.45, 2.75) is 34.1 Å². The highest BCUT2D eigenvalue weighted by Gasteiger charge is 2.19. The lowest BCUT2D eigenvalue weighted by molar-refractivity contribution is 0.411. The van der Waals surface area contributed by atoms with Gasteiger partial charge >= 0.3 is 0 Å². The van der Waals surface area contributed by atoms with Gasteiger partial charge in [0.15, 0.2) is 5.88 Å². The summed E-state index contributed by atoms with van der Waals surface area (Å²) in [6.07, 6.45) is 9.80. The minimum atomic E-state index is 0.0179. The standard InChI is InChI=1S/C22H29N5O2/c1-6-15-7-16(20(12(2)24)14(4)28)9-18-19(8-15)27-22(29)21(18)13(3)26-17(10-23)11-25-5/h7-11,15,24,27-29H,6,23H2,1-5H3/p+1/b17-10+,20-14+,24-12?,25-11?,26-13?. The van der Waals surface area contributed by atoms with Gasteiger partial charge in [-0.2, -0.15) is 0 Å². The Morgan fingerprint density at radius 1 is 1.34 bits per heavy atom. The first-order chi connectivity index (χ1) is 13.7. The van der Waals surface area contributed by atoms with Crippen LogP contribution in [0.3, 0.4) is 0 Å². The summed E-state index contributed by atoms with van der Waals surface area (Å²) in [7, 11) is 1.63. The van der Waals surface area contributed by atoms with E-state index >= 15 is 0 Å². The third kappa shape index (κ3) is 4.74. The fraction of sp³-hybridized carbons (Fsp3) is 0.318. The molecule has 0 bridgehead atoms. The number of aromatic hydroxyl groups is 1. The van der Waals surface area contributed by atoms with Gasteiger partial charge in [0.05, 0.1) is 22.5 Å². The van der Waals surface area contributed by atoms with Crippen LogP contribution >= 0.6 is 0 Å². The number of aromatic amines is 1. The van der Waals surface area contributed by atoms with E-state index in [4.69, 9.17) is 16.2 Å². The molecule has 7 N–H and O–H groups in total. The Morgan fingerprint density at radius 3 is 2.55 bits per heavy atom. The maximum atomic E-state index is 10.6. The van der Waals surface area contributed by atoms with Crippen molar-refractivity contribution >= 4 is 29.8 Å². The van der Waals surface area contributed by atoms with E-state index < -0.39 is 0 Å². The van der Waals surface area contributed by atoms with Crippen molar-refractivity contribution < 1.29 is 10.2 Å². The van der Waals surface area contributed by atoms with E-state index in [9.17, 15) is 5.11 Å². The lowest BCUT2D eigenvalue weighted by Crippen LogP contribution is -2.27. The average Bonchev–Trinajstić information content (AvgIpc) is 2.83. The van der Waals surface area contributed by atoms with E-state index in [1.807, 2.05) is 6.08 Å². The van der Waals surface area contributed by atoms with Crippen LogP contribution in [-0.2, 0) is 0 Å². The van der Waals surface area contributed by atoms with E-state index in [1.54, 1.807) is 34.0 Å². The number of hydrogen-bond donors (Lipinski definition) is 4. The molecule has 0 aliphatic heterocycles. The maximum Gasteiger partial charge on any atom is 0.235 e. The van der Waals surface area contributed by atoms with Crippen LogP contribution in [0.15, 0.2) is 44.9 Å². The summed E-state index contributed by atoms with van der Waals surface area (Å²) in [6, 6.07) is 0. The van der Waals surface area contributed by atoms with Gasteiger partial charge in [-0.25, -0.2) is 4.99 Å². The Hall–Kier alpha value is -3.35. The largest absolute Gasteiger partial charge is 0.596 e. The van der Waals surface area contributed by atoms with Crippen LogP contribution < -0.4 is 16.3 Å². The highest BCUT2D eigenvalue weighted by molar-refractivity contribution is 6.05. The molecule has 29 heavy (non-hydrogen) atoms. The number of aliphatic imine (C=N–C) groups is 2. The summed E-state index contributed by atoms with van der Waals surface area (Å²) in [5.41, 5.74) is 8.96. The molecule has 1 aromatic heterocycles. The SMILES string of the molecule is CCC1C=C(/C(C(C)=N)=C(\C)[OH2+])C=c2c(C(C)=N/C(C=NC)=C/N)c(O)[nH]c2=C1. The van der Waals surface area contributed by atoms with Gasteiger partial charge in [-0.05, 0) is 37.8 Å². The molecule has 2 rings (SSSR count). The van der Waals surface area contributed by atoms with Crippen LogP contribution in [0.5, 0.6) is 5.88 Å². The van der Waals surface area contributed by atoms with Crippen LogP contribution in [0.2, 0.25) is 0 Å². The molecule has 1 atom stereocenters. The molecule has 7 nitrogen and oxygen atoms in total. The second-order valence-electron chi connectivity index (χ2n) is 6.98. The Kier molecular flexibility index (Phi) is 6.98. The van der Waals surface area contributed by atoms with E-state index in [0.717, 1.165) is 22.6 Å². The van der Waals surface area contributed by atoms with Gasteiger partial charge < -0.3 is 26.3 Å². The first-order valence-electron chi connectivity index (χ1n) is 9.47. The van der Waals surface area contributed by atoms with E-state index in [2.05, 4.69) is 34.0 Å². The van der Waals surface area contributed by atoms with Gasteiger partial charge in [0.2, 0.25) is 5.76 Å². The van der Waals surface area contributed by atoms with Crippen molar-refractivity contribution in [1.82, 2.24) is 4.98 Å². The van der Waals surface area contributed by atoms with Crippen LogP contribution in [0.25, 0.3) is 12.2 Å². The van der Waals surface area contributed by atoms with Crippen molar-refractivity contribution in [3.05, 3.63) is 51.0 Å². The van der Waals surface area contributed by atoms with E-state index in [-0.39, 0.29) is 11.8 Å². The molecule has 0 aromatic carbocycles. The van der Waals surface area contributed by atoms with Crippen molar-refractivity contribution in [3.63, 3.8) is 0 Å². The van der Waals surface area contributed by atoms with Crippen molar-refractivity contribution in [3.8, 4) is 5.88 Å². The molecule has 0 saturated carbocycles. The fourth-order valence-corrected chi connectivity index (χ4v) is 3.46. The maximum absolute atomic E-state index is 10.6. The second kappa shape index (κ2) is 9.23. The normalized spacial score (nSPS) is 18.4. The number of aromatic nitrogens is 1. The third-order valence-corrected chi connectivity index (χ3v) is 4.72. The average molecular weight is 397 g/mol. The van der Waals surface area contributed by atoms with Gasteiger partial charge in [0, 0.05) is 42.7 Å². The number of fused-ring (bicyclic) bond motifs is 1. The molecule has 0 spiro atoms. The van der Waals surface area contributed by atoms with Crippen molar-refractivity contribution in [2.75, 3.05) is 7.05 Å². The van der Waals surface area contributed by atoms with Gasteiger partial charge in [-0.1, -0.05) is 19.1 Å². The lowest BCUT2D eigenvalue weighted by atomic mass is 9.95. The lowest BCUT2D eigenvalue weighted by Gasteiger charge is -2.09. The molecule has 1 aliphatic carbocycles. The first-order valence-corrected chi connectivity index (χ1v) is 9.47. The molecule has 7 heteroatoms. The van der Waals surface area contributed by atoms with E-state index in [0.29, 0.717) is 34.0 Å². The van der Waals surface area contributed by atoms with Crippen molar-refractivity contribution in [2.24, 2.45) is 21.6 Å². The summed E-state index contributed by atoms with van der Waals surface area (Å²) in [6.45, 7) is 7.24. The summed E-state index contributed by atoms with van der Waals surface area (Å²) < 4.78 is 0. The van der Waals surface area contributed by atoms with Crippen LogP contribution in [0.4, 0.5) is 0 Å². The van der Waals surface area contributed by atoms with Gasteiger partial charge in [-0.15, -0.1) is 0 Å². The Balaban J connectivity index is 2.84. The predicted octanol–water partition coefficient (Wildman–Crippen LogP) is 1.60. The fourth-order valence-electron chi connectivity index (χ4n) is 3.46. The zero-order valence-electron chi connectivity index (χ0n) is 17.6. The molecule has 1 heterocycles. The Morgan fingerprint density at radius 2 is 2.03 bits per heavy atom. The molecular formula is C22H30N5O2+. The Bertz CT molecular complexity index is 1080. The highest BCUT2D eigenvalue weighted by Crippen LogP contribution is 2.23. The van der Waals surface area contributed by atoms with Crippen LogP contribution in [0, 0.1) is 11.3 Å². The number of allylic oxidation sites excluding steroid dienone is 5. The summed E-state index contributed by atoms with van der Waals surface area (Å²) >= 11 is 0. The molecule has 1 aromatic rings. The van der Waals surface area contributed by atoms with Gasteiger partial charge in [0.1, 0.15) is 0 Å².